The van der Waals surface area contributed by atoms with Crippen LogP contribution in [-0.4, -0.2) is 40.7 Å². The smallest absolute Gasteiger partial charge is 0.231 e. The first-order chi connectivity index (χ1) is 9.54. The van der Waals surface area contributed by atoms with Gasteiger partial charge in [-0.2, -0.15) is 0 Å². The number of amidine groups is 1. The molecule has 0 spiro atoms. The number of carbonyl (C=O) groups is 1. The molecule has 0 fully saturated rings. The van der Waals surface area contributed by atoms with Crippen molar-refractivity contribution < 1.29 is 10.0 Å². The maximum atomic E-state index is 12.6. The highest BCUT2D eigenvalue weighted by atomic mass is 32.2. The SMILES string of the molecule is CC(CC(N)=NO)N(C)C(=O)C1CSc2ccccc21. The van der Waals surface area contributed by atoms with Gasteiger partial charge in [-0.05, 0) is 18.6 Å². The summed E-state index contributed by atoms with van der Waals surface area (Å²) in [5, 5.41) is 11.6. The Bertz CT molecular complexity index is 533. The van der Waals surface area contributed by atoms with Crippen LogP contribution in [0.5, 0.6) is 0 Å². The second-order valence-electron chi connectivity index (χ2n) is 5.00. The number of nitrogens with two attached hydrogens (primary N) is 1. The highest BCUT2D eigenvalue weighted by Gasteiger charge is 2.32. The Hall–Kier alpha value is -1.69. The van der Waals surface area contributed by atoms with E-state index in [0.717, 1.165) is 11.3 Å². The van der Waals surface area contributed by atoms with E-state index in [1.54, 1.807) is 23.7 Å². The van der Waals surface area contributed by atoms with Gasteiger partial charge in [0.25, 0.3) is 0 Å². The van der Waals surface area contributed by atoms with Gasteiger partial charge in [-0.25, -0.2) is 0 Å². The average Bonchev–Trinajstić information content (AvgIpc) is 2.89. The number of carbonyl (C=O) groups excluding carboxylic acids is 1. The number of amides is 1. The lowest BCUT2D eigenvalue weighted by molar-refractivity contribution is -0.132. The summed E-state index contributed by atoms with van der Waals surface area (Å²) in [6.45, 7) is 1.89. The molecule has 0 aromatic heterocycles. The molecule has 1 aromatic rings. The monoisotopic (exact) mass is 293 g/mol. The van der Waals surface area contributed by atoms with Crippen LogP contribution in [0.15, 0.2) is 34.3 Å². The maximum Gasteiger partial charge on any atom is 0.231 e. The predicted octanol–water partition coefficient (Wildman–Crippen LogP) is 1.86. The van der Waals surface area contributed by atoms with Crippen LogP contribution in [-0.2, 0) is 4.79 Å². The summed E-state index contributed by atoms with van der Waals surface area (Å²) in [6, 6.07) is 7.91. The molecule has 2 rings (SSSR count). The lowest BCUT2D eigenvalue weighted by atomic mass is 9.99. The van der Waals surface area contributed by atoms with Crippen molar-refractivity contribution in [2.24, 2.45) is 10.9 Å². The van der Waals surface area contributed by atoms with Crippen LogP contribution in [0.4, 0.5) is 0 Å². The van der Waals surface area contributed by atoms with Gasteiger partial charge in [0.2, 0.25) is 5.91 Å². The number of hydrogen-bond acceptors (Lipinski definition) is 4. The third kappa shape index (κ3) is 2.90. The maximum absolute atomic E-state index is 12.6. The summed E-state index contributed by atoms with van der Waals surface area (Å²) >= 11 is 1.72. The molecule has 108 valence electrons. The first-order valence-corrected chi connectivity index (χ1v) is 7.48. The summed E-state index contributed by atoms with van der Waals surface area (Å²) in [7, 11) is 1.77. The van der Waals surface area contributed by atoms with Crippen LogP contribution in [0.3, 0.4) is 0 Å². The Morgan fingerprint density at radius 2 is 2.30 bits per heavy atom. The molecule has 1 aliphatic heterocycles. The van der Waals surface area contributed by atoms with Gasteiger partial charge in [-0.3, -0.25) is 4.79 Å². The van der Waals surface area contributed by atoms with Crippen molar-refractivity contribution in [2.75, 3.05) is 12.8 Å². The zero-order valence-corrected chi connectivity index (χ0v) is 12.4. The summed E-state index contributed by atoms with van der Waals surface area (Å²) in [5.74, 6) is 0.897. The molecule has 1 aromatic carbocycles. The molecule has 2 atom stereocenters. The van der Waals surface area contributed by atoms with Crippen molar-refractivity contribution in [1.82, 2.24) is 4.90 Å². The highest BCUT2D eigenvalue weighted by molar-refractivity contribution is 7.99. The van der Waals surface area contributed by atoms with Crippen LogP contribution >= 0.6 is 11.8 Å². The Kier molecular flexibility index (Phi) is 4.54. The van der Waals surface area contributed by atoms with Crippen molar-refractivity contribution in [3.8, 4) is 0 Å². The second kappa shape index (κ2) is 6.17. The average molecular weight is 293 g/mol. The quantitative estimate of drug-likeness (QED) is 0.384. The van der Waals surface area contributed by atoms with E-state index in [0.29, 0.717) is 6.42 Å². The Morgan fingerprint density at radius 1 is 1.60 bits per heavy atom. The normalized spacial score (nSPS) is 19.5. The van der Waals surface area contributed by atoms with Crippen molar-refractivity contribution in [3.05, 3.63) is 29.8 Å². The van der Waals surface area contributed by atoms with E-state index in [2.05, 4.69) is 5.16 Å². The third-order valence-corrected chi connectivity index (χ3v) is 4.82. The molecule has 3 N–H and O–H groups in total. The molecular formula is C14H19N3O2S. The summed E-state index contributed by atoms with van der Waals surface area (Å²) in [4.78, 5) is 15.5. The number of likely N-dealkylation sites (N-methyl/N-ethyl adjacent to an activating group) is 1. The Labute approximate surface area is 122 Å². The largest absolute Gasteiger partial charge is 0.409 e. The number of thioether (sulfide) groups is 1. The van der Waals surface area contributed by atoms with Gasteiger partial charge in [-0.1, -0.05) is 23.4 Å². The molecule has 0 saturated heterocycles. The van der Waals surface area contributed by atoms with E-state index in [-0.39, 0.29) is 23.7 Å². The molecule has 1 aliphatic rings. The lowest BCUT2D eigenvalue weighted by Gasteiger charge is -2.27. The van der Waals surface area contributed by atoms with Gasteiger partial charge >= 0.3 is 0 Å². The molecule has 0 bridgehead atoms. The van der Waals surface area contributed by atoms with Crippen LogP contribution in [0.25, 0.3) is 0 Å². The van der Waals surface area contributed by atoms with Gasteiger partial charge in [0, 0.05) is 30.2 Å². The molecule has 0 radical (unpaired) electrons. The fourth-order valence-electron chi connectivity index (χ4n) is 2.31. The zero-order chi connectivity index (χ0) is 14.7. The fourth-order valence-corrected chi connectivity index (χ4v) is 3.53. The predicted molar refractivity (Wildman–Crippen MR) is 80.2 cm³/mol. The van der Waals surface area contributed by atoms with Crippen molar-refractivity contribution in [3.63, 3.8) is 0 Å². The minimum atomic E-state index is -0.101. The molecule has 0 aliphatic carbocycles. The van der Waals surface area contributed by atoms with Gasteiger partial charge in [0.05, 0.1) is 5.92 Å². The molecule has 2 unspecified atom stereocenters. The molecular weight excluding hydrogens is 274 g/mol. The van der Waals surface area contributed by atoms with E-state index in [4.69, 9.17) is 10.9 Å². The van der Waals surface area contributed by atoms with E-state index in [1.165, 1.54) is 4.90 Å². The van der Waals surface area contributed by atoms with Crippen molar-refractivity contribution in [2.45, 2.75) is 30.2 Å². The Balaban J connectivity index is 2.09. The van der Waals surface area contributed by atoms with Gasteiger partial charge in [-0.15, -0.1) is 11.8 Å². The number of rotatable bonds is 4. The summed E-state index contributed by atoms with van der Waals surface area (Å²) in [5.41, 5.74) is 6.60. The Morgan fingerprint density at radius 3 is 3.00 bits per heavy atom. The van der Waals surface area contributed by atoms with E-state index >= 15 is 0 Å². The number of hydrogen-bond donors (Lipinski definition) is 2. The molecule has 1 heterocycles. The van der Waals surface area contributed by atoms with Crippen LogP contribution < -0.4 is 5.73 Å². The summed E-state index contributed by atoms with van der Waals surface area (Å²) < 4.78 is 0. The number of oxime groups is 1. The van der Waals surface area contributed by atoms with E-state index in [9.17, 15) is 4.79 Å². The molecule has 1 amide bonds. The molecule has 5 nitrogen and oxygen atoms in total. The standard InChI is InChI=1S/C14H19N3O2S/c1-9(7-13(15)16-19)17(2)14(18)11-8-20-12-6-4-3-5-10(11)12/h3-6,9,11,19H,7-8H2,1-2H3,(H2,15,16). The van der Waals surface area contributed by atoms with E-state index < -0.39 is 0 Å². The van der Waals surface area contributed by atoms with Gasteiger partial charge in [0.1, 0.15) is 5.84 Å². The van der Waals surface area contributed by atoms with Crippen LogP contribution in [0, 0.1) is 0 Å². The van der Waals surface area contributed by atoms with Gasteiger partial charge in [0.15, 0.2) is 0 Å². The number of fused-ring (bicyclic) bond motifs is 1. The third-order valence-electron chi connectivity index (χ3n) is 3.64. The molecule has 20 heavy (non-hydrogen) atoms. The molecule has 0 saturated carbocycles. The first kappa shape index (κ1) is 14.7. The zero-order valence-electron chi connectivity index (χ0n) is 11.6. The highest BCUT2D eigenvalue weighted by Crippen LogP contribution is 2.40. The first-order valence-electron chi connectivity index (χ1n) is 6.49. The minimum Gasteiger partial charge on any atom is -0.409 e. The van der Waals surface area contributed by atoms with Crippen molar-refractivity contribution >= 4 is 23.5 Å². The van der Waals surface area contributed by atoms with Crippen molar-refractivity contribution in [1.29, 1.82) is 0 Å². The second-order valence-corrected chi connectivity index (χ2v) is 6.06. The minimum absolute atomic E-state index is 0.0840. The number of benzene rings is 1. The fraction of sp³-hybridized carbons (Fsp3) is 0.429. The molecule has 6 heteroatoms. The van der Waals surface area contributed by atoms with Gasteiger partial charge < -0.3 is 15.8 Å². The lowest BCUT2D eigenvalue weighted by Crippen LogP contribution is -2.40. The number of nitrogens with zero attached hydrogens (tertiary/aromatic N) is 2. The van der Waals surface area contributed by atoms with Crippen LogP contribution in [0.1, 0.15) is 24.8 Å². The van der Waals surface area contributed by atoms with Crippen LogP contribution in [0.2, 0.25) is 0 Å². The van der Waals surface area contributed by atoms with E-state index in [1.807, 2.05) is 31.2 Å². The summed E-state index contributed by atoms with van der Waals surface area (Å²) in [6.07, 6.45) is 0.361. The topological polar surface area (TPSA) is 78.9 Å².